The van der Waals surface area contributed by atoms with Crippen LogP contribution in [0.1, 0.15) is 51.8 Å². The Labute approximate surface area is 140 Å². The minimum Gasteiger partial charge on any atom is -0.465 e. The van der Waals surface area contributed by atoms with E-state index in [2.05, 4.69) is 5.10 Å². The number of hydrogen-bond acceptors (Lipinski definition) is 4. The lowest BCUT2D eigenvalue weighted by atomic mass is 9.95. The van der Waals surface area contributed by atoms with Gasteiger partial charge in [-0.05, 0) is 44.4 Å². The second-order valence-corrected chi connectivity index (χ2v) is 6.54. The molecule has 1 aromatic carbocycles. The van der Waals surface area contributed by atoms with Gasteiger partial charge in [-0.3, -0.25) is 9.59 Å². The molecule has 130 valence electrons. The fraction of sp³-hybridized carbons (Fsp3) is 0.500. The van der Waals surface area contributed by atoms with Gasteiger partial charge in [0.25, 0.3) is 5.56 Å². The zero-order valence-electron chi connectivity index (χ0n) is 14.7. The lowest BCUT2D eigenvalue weighted by Crippen LogP contribution is -2.29. The van der Waals surface area contributed by atoms with Gasteiger partial charge in [0.2, 0.25) is 0 Å². The van der Waals surface area contributed by atoms with Gasteiger partial charge < -0.3 is 4.74 Å². The molecule has 0 N–H and O–H groups in total. The van der Waals surface area contributed by atoms with Crippen LogP contribution in [0.5, 0.6) is 0 Å². The van der Waals surface area contributed by atoms with E-state index in [1.807, 2.05) is 13.8 Å². The summed E-state index contributed by atoms with van der Waals surface area (Å²) in [6.45, 7) is 8.53. The van der Waals surface area contributed by atoms with Crippen LogP contribution in [-0.2, 0) is 21.7 Å². The van der Waals surface area contributed by atoms with Crippen LogP contribution in [0, 0.1) is 0 Å². The van der Waals surface area contributed by atoms with Gasteiger partial charge in [0.15, 0.2) is 0 Å². The number of ether oxygens (including phenoxy) is 1. The van der Waals surface area contributed by atoms with Gasteiger partial charge in [-0.2, -0.15) is 5.10 Å². The van der Waals surface area contributed by atoms with Crippen LogP contribution in [0.25, 0.3) is 10.8 Å². The maximum Gasteiger partial charge on any atom is 0.327 e. The normalized spacial score (nSPS) is 12.0. The number of benzene rings is 1. The zero-order chi connectivity index (χ0) is 18.1. The molecular formula is C18H23FN2O3. The van der Waals surface area contributed by atoms with Crippen molar-refractivity contribution in [2.75, 3.05) is 6.61 Å². The maximum absolute atomic E-state index is 14.3. The number of hydrogen-bond donors (Lipinski definition) is 0. The Balaban J connectivity index is 2.68. The molecule has 0 atom stereocenters. The molecule has 0 aliphatic rings. The Kier molecular flexibility index (Phi) is 5.06. The summed E-state index contributed by atoms with van der Waals surface area (Å²) in [6.07, 6.45) is 0. The molecule has 0 unspecified atom stereocenters. The number of carbonyl (C=O) groups excluding carboxylic acids is 1. The van der Waals surface area contributed by atoms with E-state index in [9.17, 15) is 14.0 Å². The fourth-order valence-electron chi connectivity index (χ4n) is 2.54. The highest BCUT2D eigenvalue weighted by molar-refractivity contribution is 5.85. The monoisotopic (exact) mass is 334 g/mol. The lowest BCUT2D eigenvalue weighted by Gasteiger charge is -2.18. The lowest BCUT2D eigenvalue weighted by molar-refractivity contribution is -0.144. The van der Waals surface area contributed by atoms with Crippen LogP contribution in [-0.4, -0.2) is 22.4 Å². The topological polar surface area (TPSA) is 61.2 Å². The van der Waals surface area contributed by atoms with Gasteiger partial charge in [0.1, 0.15) is 12.2 Å². The van der Waals surface area contributed by atoms with Crippen molar-refractivity contribution in [3.05, 3.63) is 39.8 Å². The van der Waals surface area contributed by atoms with E-state index in [4.69, 9.17) is 4.74 Å². The predicted molar refractivity (Wildman–Crippen MR) is 90.9 cm³/mol. The first-order valence-electron chi connectivity index (χ1n) is 8.05. The fourth-order valence-corrected chi connectivity index (χ4v) is 2.54. The highest BCUT2D eigenvalue weighted by Gasteiger charge is 2.22. The van der Waals surface area contributed by atoms with Gasteiger partial charge in [0, 0.05) is 5.39 Å². The first kappa shape index (κ1) is 18.1. The number of aromatic nitrogens is 2. The molecule has 24 heavy (non-hydrogen) atoms. The number of carbonyl (C=O) groups is 1. The third kappa shape index (κ3) is 3.63. The predicted octanol–water partition coefficient (Wildman–Crippen LogP) is 3.29. The molecule has 1 aromatic heterocycles. The standard InChI is InChI=1S/C18H23FN2O3/c1-6-24-15(22)10-21-17(23)13-8-7-12(18(4,5)19)9-14(13)16(20-21)11(2)3/h7-9,11H,6,10H2,1-5H3. The minimum atomic E-state index is -1.51. The molecule has 0 aliphatic carbocycles. The SMILES string of the molecule is CCOC(=O)Cn1nc(C(C)C)c2cc(C(C)(C)F)ccc2c1=O. The average Bonchev–Trinajstić information content (AvgIpc) is 2.48. The van der Waals surface area contributed by atoms with Crippen molar-refractivity contribution in [2.45, 2.75) is 52.8 Å². The third-order valence-electron chi connectivity index (χ3n) is 3.81. The molecular weight excluding hydrogens is 311 g/mol. The Morgan fingerprint density at radius 2 is 2.00 bits per heavy atom. The molecule has 5 nitrogen and oxygen atoms in total. The molecule has 2 rings (SSSR count). The van der Waals surface area contributed by atoms with Gasteiger partial charge in [-0.1, -0.05) is 19.9 Å². The molecule has 6 heteroatoms. The molecule has 0 spiro atoms. The van der Waals surface area contributed by atoms with Gasteiger partial charge in [-0.25, -0.2) is 9.07 Å². The van der Waals surface area contributed by atoms with E-state index in [0.717, 1.165) is 4.68 Å². The Bertz CT molecular complexity index is 819. The highest BCUT2D eigenvalue weighted by Crippen LogP contribution is 2.29. The summed E-state index contributed by atoms with van der Waals surface area (Å²) in [5.74, 6) is -0.498. The number of fused-ring (bicyclic) bond motifs is 1. The average molecular weight is 334 g/mol. The van der Waals surface area contributed by atoms with Crippen LogP contribution >= 0.6 is 0 Å². The molecule has 0 saturated heterocycles. The van der Waals surface area contributed by atoms with E-state index in [0.29, 0.717) is 22.0 Å². The molecule has 0 saturated carbocycles. The van der Waals surface area contributed by atoms with Gasteiger partial charge >= 0.3 is 5.97 Å². The van der Waals surface area contributed by atoms with E-state index < -0.39 is 11.6 Å². The number of esters is 1. The van der Waals surface area contributed by atoms with Crippen molar-refractivity contribution in [1.29, 1.82) is 0 Å². The highest BCUT2D eigenvalue weighted by atomic mass is 19.1. The zero-order valence-corrected chi connectivity index (χ0v) is 14.7. The summed E-state index contributed by atoms with van der Waals surface area (Å²) in [4.78, 5) is 24.3. The second kappa shape index (κ2) is 6.71. The van der Waals surface area contributed by atoms with Crippen molar-refractivity contribution < 1.29 is 13.9 Å². The molecule has 0 bridgehead atoms. The Hall–Kier alpha value is -2.24. The van der Waals surface area contributed by atoms with Crippen LogP contribution in [0.15, 0.2) is 23.0 Å². The van der Waals surface area contributed by atoms with Crippen LogP contribution < -0.4 is 5.56 Å². The van der Waals surface area contributed by atoms with Crippen molar-refractivity contribution in [2.24, 2.45) is 0 Å². The van der Waals surface area contributed by atoms with E-state index in [-0.39, 0.29) is 24.6 Å². The first-order valence-corrected chi connectivity index (χ1v) is 8.05. The molecule has 0 amide bonds. The molecule has 0 radical (unpaired) electrons. The minimum absolute atomic E-state index is 0.0134. The molecule has 2 aromatic rings. The van der Waals surface area contributed by atoms with Crippen LogP contribution in [0.4, 0.5) is 4.39 Å². The third-order valence-corrected chi connectivity index (χ3v) is 3.81. The molecule has 0 fully saturated rings. The summed E-state index contributed by atoms with van der Waals surface area (Å²) in [5.41, 5.74) is -0.755. The van der Waals surface area contributed by atoms with Gasteiger partial charge in [-0.15, -0.1) is 0 Å². The Morgan fingerprint density at radius 3 is 2.54 bits per heavy atom. The summed E-state index contributed by atoms with van der Waals surface area (Å²) in [7, 11) is 0. The van der Waals surface area contributed by atoms with Crippen molar-refractivity contribution in [1.82, 2.24) is 9.78 Å². The largest absolute Gasteiger partial charge is 0.465 e. The second-order valence-electron chi connectivity index (χ2n) is 6.54. The van der Waals surface area contributed by atoms with Crippen molar-refractivity contribution in [3.8, 4) is 0 Å². The van der Waals surface area contributed by atoms with E-state index >= 15 is 0 Å². The smallest absolute Gasteiger partial charge is 0.327 e. The summed E-state index contributed by atoms with van der Waals surface area (Å²) in [5, 5.41) is 5.37. The summed E-state index contributed by atoms with van der Waals surface area (Å²) >= 11 is 0. The number of alkyl halides is 1. The number of rotatable bonds is 5. The number of nitrogens with zero attached hydrogens (tertiary/aromatic N) is 2. The quantitative estimate of drug-likeness (QED) is 0.787. The summed E-state index contributed by atoms with van der Waals surface area (Å²) < 4.78 is 20.3. The number of halogens is 1. The van der Waals surface area contributed by atoms with Crippen LogP contribution in [0.3, 0.4) is 0 Å². The summed E-state index contributed by atoms with van der Waals surface area (Å²) in [6, 6.07) is 4.87. The van der Waals surface area contributed by atoms with Crippen molar-refractivity contribution in [3.63, 3.8) is 0 Å². The molecule has 0 aliphatic heterocycles. The van der Waals surface area contributed by atoms with Crippen molar-refractivity contribution >= 4 is 16.7 Å². The maximum atomic E-state index is 14.3. The van der Waals surface area contributed by atoms with E-state index in [1.54, 1.807) is 25.1 Å². The van der Waals surface area contributed by atoms with E-state index in [1.165, 1.54) is 13.8 Å². The first-order chi connectivity index (χ1) is 11.1. The Morgan fingerprint density at radius 1 is 1.33 bits per heavy atom. The van der Waals surface area contributed by atoms with Gasteiger partial charge in [0.05, 0.1) is 17.7 Å². The van der Waals surface area contributed by atoms with Crippen LogP contribution in [0.2, 0.25) is 0 Å². The molecule has 1 heterocycles.